The maximum absolute atomic E-state index is 11.9. The first-order valence-electron chi connectivity index (χ1n) is 8.43. The number of carbonyl (C=O) groups excluding carboxylic acids is 2. The van der Waals surface area contributed by atoms with Crippen molar-refractivity contribution in [3.8, 4) is 12.3 Å². The minimum absolute atomic E-state index is 0.100. The lowest BCUT2D eigenvalue weighted by Crippen LogP contribution is -2.32. The van der Waals surface area contributed by atoms with E-state index in [9.17, 15) is 9.59 Å². The summed E-state index contributed by atoms with van der Waals surface area (Å²) >= 11 is 0. The monoisotopic (exact) mass is 354 g/mol. The quantitative estimate of drug-likeness (QED) is 0.709. The van der Waals surface area contributed by atoms with E-state index in [1.165, 1.54) is 0 Å². The molecule has 0 saturated carbocycles. The molecule has 0 atom stereocenters. The molecule has 0 bridgehead atoms. The molecule has 7 nitrogen and oxygen atoms in total. The first kappa shape index (κ1) is 19.2. The van der Waals surface area contributed by atoms with Crippen LogP contribution < -0.4 is 10.6 Å². The highest BCUT2D eigenvalue weighted by Crippen LogP contribution is 2.11. The number of hydrogen-bond acceptors (Lipinski definition) is 5. The zero-order chi connectivity index (χ0) is 18.9. The highest BCUT2D eigenvalue weighted by molar-refractivity contribution is 5.94. The van der Waals surface area contributed by atoms with Gasteiger partial charge in [0.1, 0.15) is 0 Å². The highest BCUT2D eigenvalue weighted by Gasteiger charge is 2.11. The summed E-state index contributed by atoms with van der Waals surface area (Å²) in [6, 6.07) is 6.95. The summed E-state index contributed by atoms with van der Waals surface area (Å²) < 4.78 is 5.12. The largest absolute Gasteiger partial charge is 0.347 e. The summed E-state index contributed by atoms with van der Waals surface area (Å²) in [7, 11) is 0. The maximum atomic E-state index is 11.9. The van der Waals surface area contributed by atoms with Gasteiger partial charge in [0.2, 0.25) is 17.7 Å². The fourth-order valence-corrected chi connectivity index (χ4v) is 2.16. The van der Waals surface area contributed by atoms with Gasteiger partial charge in [-0.2, -0.15) is 4.98 Å². The number of anilines is 1. The van der Waals surface area contributed by atoms with Crippen molar-refractivity contribution in [2.75, 3.05) is 11.9 Å². The summed E-state index contributed by atoms with van der Waals surface area (Å²) in [5.41, 5.74) is 1.27. The van der Waals surface area contributed by atoms with Crippen LogP contribution in [0.25, 0.3) is 0 Å². The summed E-state index contributed by atoms with van der Waals surface area (Å²) in [6.07, 6.45) is 6.69. The molecule has 1 heterocycles. The standard InChI is InChI=1S/C19H22N4O3/c1-4-14-7-5-8-15(11-14)21-17(25)12-20-16(24)9-6-10-18-22-19(13(2)3)23-26-18/h1,5,7-8,11,13H,6,9-10,12H2,2-3H3,(H,20,24)(H,21,25). The number of nitrogens with one attached hydrogen (secondary N) is 2. The van der Waals surface area contributed by atoms with Gasteiger partial charge in [0, 0.05) is 30.0 Å². The third-order valence-corrected chi connectivity index (χ3v) is 3.55. The number of aryl methyl sites for hydroxylation is 1. The van der Waals surface area contributed by atoms with Gasteiger partial charge < -0.3 is 15.2 Å². The molecule has 2 rings (SSSR count). The van der Waals surface area contributed by atoms with Gasteiger partial charge in [0.05, 0.1) is 6.54 Å². The fraction of sp³-hybridized carbons (Fsp3) is 0.368. The Morgan fingerprint density at radius 2 is 2.12 bits per heavy atom. The molecule has 0 unspecified atom stereocenters. The number of amides is 2. The molecule has 0 radical (unpaired) electrons. The van der Waals surface area contributed by atoms with Crippen molar-refractivity contribution in [1.29, 1.82) is 0 Å². The Hall–Kier alpha value is -3.14. The van der Waals surface area contributed by atoms with Crippen molar-refractivity contribution >= 4 is 17.5 Å². The van der Waals surface area contributed by atoms with E-state index < -0.39 is 0 Å². The second-order valence-corrected chi connectivity index (χ2v) is 6.10. The van der Waals surface area contributed by atoms with Crippen LogP contribution >= 0.6 is 0 Å². The van der Waals surface area contributed by atoms with E-state index in [-0.39, 0.29) is 30.7 Å². The van der Waals surface area contributed by atoms with E-state index in [1.807, 2.05) is 13.8 Å². The molecule has 0 spiro atoms. The average Bonchev–Trinajstić information content (AvgIpc) is 3.09. The van der Waals surface area contributed by atoms with E-state index in [0.29, 0.717) is 35.8 Å². The van der Waals surface area contributed by atoms with Crippen LogP contribution in [0, 0.1) is 12.3 Å². The van der Waals surface area contributed by atoms with Gasteiger partial charge in [-0.3, -0.25) is 9.59 Å². The van der Waals surface area contributed by atoms with E-state index in [0.717, 1.165) is 0 Å². The SMILES string of the molecule is C#Cc1cccc(NC(=O)CNC(=O)CCCc2nc(C(C)C)no2)c1. The van der Waals surface area contributed by atoms with E-state index in [4.69, 9.17) is 10.9 Å². The van der Waals surface area contributed by atoms with Crippen molar-refractivity contribution in [2.45, 2.75) is 39.0 Å². The number of aromatic nitrogens is 2. The zero-order valence-corrected chi connectivity index (χ0v) is 14.9. The molecule has 0 fully saturated rings. The maximum Gasteiger partial charge on any atom is 0.243 e. The third-order valence-electron chi connectivity index (χ3n) is 3.55. The Kier molecular flexibility index (Phi) is 6.92. The average molecular weight is 354 g/mol. The number of hydrogen-bond donors (Lipinski definition) is 2. The Morgan fingerprint density at radius 3 is 2.81 bits per heavy atom. The van der Waals surface area contributed by atoms with Crippen LogP contribution in [0.1, 0.15) is 49.9 Å². The second-order valence-electron chi connectivity index (χ2n) is 6.10. The van der Waals surface area contributed by atoms with Gasteiger partial charge in [-0.1, -0.05) is 31.0 Å². The summed E-state index contributed by atoms with van der Waals surface area (Å²) in [5.74, 6) is 3.36. The molecule has 1 aromatic carbocycles. The van der Waals surface area contributed by atoms with Crippen molar-refractivity contribution in [3.05, 3.63) is 41.5 Å². The van der Waals surface area contributed by atoms with Gasteiger partial charge >= 0.3 is 0 Å². The van der Waals surface area contributed by atoms with Crippen LogP contribution in [-0.2, 0) is 16.0 Å². The van der Waals surface area contributed by atoms with E-state index in [2.05, 4.69) is 26.7 Å². The Morgan fingerprint density at radius 1 is 1.31 bits per heavy atom. The lowest BCUT2D eigenvalue weighted by atomic mass is 10.2. The fourth-order valence-electron chi connectivity index (χ4n) is 2.16. The number of nitrogens with zero attached hydrogens (tertiary/aromatic N) is 2. The smallest absolute Gasteiger partial charge is 0.243 e. The molecule has 1 aromatic heterocycles. The summed E-state index contributed by atoms with van der Waals surface area (Å²) in [4.78, 5) is 27.9. The van der Waals surface area contributed by atoms with Crippen LogP contribution in [0.15, 0.2) is 28.8 Å². The lowest BCUT2D eigenvalue weighted by molar-refractivity contribution is -0.124. The Labute approximate surface area is 152 Å². The van der Waals surface area contributed by atoms with E-state index in [1.54, 1.807) is 24.3 Å². The number of benzene rings is 1. The number of rotatable bonds is 8. The molecule has 0 aliphatic carbocycles. The molecule has 26 heavy (non-hydrogen) atoms. The second kappa shape index (κ2) is 9.37. The minimum Gasteiger partial charge on any atom is -0.347 e. The van der Waals surface area contributed by atoms with Crippen LogP contribution in [0.4, 0.5) is 5.69 Å². The number of carbonyl (C=O) groups is 2. The predicted molar refractivity (Wildman–Crippen MR) is 97.3 cm³/mol. The van der Waals surface area contributed by atoms with E-state index >= 15 is 0 Å². The first-order valence-corrected chi connectivity index (χ1v) is 8.43. The lowest BCUT2D eigenvalue weighted by Gasteiger charge is -2.07. The third kappa shape index (κ3) is 6.06. The van der Waals surface area contributed by atoms with Crippen molar-refractivity contribution in [1.82, 2.24) is 15.5 Å². The van der Waals surface area contributed by atoms with Gasteiger partial charge in [-0.05, 0) is 24.6 Å². The molecule has 2 N–H and O–H groups in total. The Balaban J connectivity index is 1.67. The molecule has 0 saturated heterocycles. The topological polar surface area (TPSA) is 97.1 Å². The molecular formula is C19H22N4O3. The zero-order valence-electron chi connectivity index (χ0n) is 14.9. The van der Waals surface area contributed by atoms with Gasteiger partial charge in [0.15, 0.2) is 5.82 Å². The minimum atomic E-state index is -0.314. The molecule has 0 aliphatic heterocycles. The van der Waals surface area contributed by atoms with Crippen molar-refractivity contribution in [2.24, 2.45) is 0 Å². The summed E-state index contributed by atoms with van der Waals surface area (Å²) in [5, 5.41) is 9.14. The molecule has 0 aliphatic rings. The number of terminal acetylenes is 1. The molecule has 136 valence electrons. The van der Waals surface area contributed by atoms with Gasteiger partial charge in [-0.15, -0.1) is 6.42 Å². The summed E-state index contributed by atoms with van der Waals surface area (Å²) in [6.45, 7) is 3.86. The van der Waals surface area contributed by atoms with Crippen molar-refractivity contribution in [3.63, 3.8) is 0 Å². The predicted octanol–water partition coefficient (Wildman–Crippen LogP) is 2.25. The molecule has 7 heteroatoms. The van der Waals surface area contributed by atoms with Crippen LogP contribution in [0.2, 0.25) is 0 Å². The van der Waals surface area contributed by atoms with Crippen LogP contribution in [0.3, 0.4) is 0 Å². The van der Waals surface area contributed by atoms with Gasteiger partial charge in [0.25, 0.3) is 0 Å². The molecular weight excluding hydrogens is 332 g/mol. The highest BCUT2D eigenvalue weighted by atomic mass is 16.5. The molecule has 2 aromatic rings. The van der Waals surface area contributed by atoms with Gasteiger partial charge in [-0.25, -0.2) is 0 Å². The molecule has 2 amide bonds. The Bertz CT molecular complexity index is 805. The first-order chi connectivity index (χ1) is 12.5. The van der Waals surface area contributed by atoms with Crippen molar-refractivity contribution < 1.29 is 14.1 Å². The normalized spacial score (nSPS) is 10.4. The van der Waals surface area contributed by atoms with Crippen LogP contribution in [-0.4, -0.2) is 28.5 Å². The van der Waals surface area contributed by atoms with Crippen LogP contribution in [0.5, 0.6) is 0 Å².